The highest BCUT2D eigenvalue weighted by molar-refractivity contribution is 9.10. The Morgan fingerprint density at radius 3 is 2.89 bits per heavy atom. The first-order valence-electron chi connectivity index (χ1n) is 5.79. The zero-order valence-electron chi connectivity index (χ0n) is 9.80. The Balaban J connectivity index is 2.11. The molecule has 96 valence electrons. The van der Waals surface area contributed by atoms with Crippen molar-refractivity contribution in [2.75, 3.05) is 13.1 Å². The molecule has 1 unspecified atom stereocenters. The van der Waals surface area contributed by atoms with E-state index in [4.69, 9.17) is 5.73 Å². The van der Waals surface area contributed by atoms with Crippen molar-refractivity contribution < 1.29 is 9.59 Å². The van der Waals surface area contributed by atoms with Gasteiger partial charge < -0.3 is 10.6 Å². The summed E-state index contributed by atoms with van der Waals surface area (Å²) >= 11 is 3.23. The van der Waals surface area contributed by atoms with Crippen LogP contribution in [0.4, 0.5) is 0 Å². The zero-order chi connectivity index (χ0) is 13.1. The average molecular weight is 312 g/mol. The largest absolute Gasteiger partial charge is 0.369 e. The minimum absolute atomic E-state index is 0.151. The molecular formula is C12H14BrN3O2. The van der Waals surface area contributed by atoms with Gasteiger partial charge in [-0.15, -0.1) is 0 Å². The minimum atomic E-state index is -0.338. The first-order chi connectivity index (χ1) is 8.58. The van der Waals surface area contributed by atoms with Crippen LogP contribution >= 0.6 is 15.9 Å². The van der Waals surface area contributed by atoms with E-state index in [1.54, 1.807) is 23.1 Å². The van der Waals surface area contributed by atoms with Crippen molar-refractivity contribution in [2.45, 2.75) is 12.8 Å². The predicted molar refractivity (Wildman–Crippen MR) is 69.8 cm³/mol. The molecule has 0 radical (unpaired) electrons. The molecule has 0 aromatic carbocycles. The number of halogens is 1. The number of piperidine rings is 1. The van der Waals surface area contributed by atoms with Gasteiger partial charge in [0.2, 0.25) is 5.91 Å². The van der Waals surface area contributed by atoms with Gasteiger partial charge in [-0.1, -0.05) is 6.07 Å². The number of hydrogen-bond acceptors (Lipinski definition) is 3. The van der Waals surface area contributed by atoms with Crippen LogP contribution in [-0.4, -0.2) is 34.8 Å². The first-order valence-corrected chi connectivity index (χ1v) is 6.58. The Kier molecular flexibility index (Phi) is 3.96. The molecule has 6 heteroatoms. The van der Waals surface area contributed by atoms with Crippen LogP contribution in [-0.2, 0) is 4.79 Å². The van der Waals surface area contributed by atoms with Gasteiger partial charge in [-0.25, -0.2) is 4.98 Å². The van der Waals surface area contributed by atoms with Crippen molar-refractivity contribution >= 4 is 27.7 Å². The van der Waals surface area contributed by atoms with E-state index in [1.807, 2.05) is 0 Å². The number of primary amides is 1. The molecule has 0 aliphatic carbocycles. The van der Waals surface area contributed by atoms with E-state index >= 15 is 0 Å². The second-order valence-electron chi connectivity index (χ2n) is 4.34. The van der Waals surface area contributed by atoms with Gasteiger partial charge in [0.15, 0.2) is 0 Å². The van der Waals surface area contributed by atoms with E-state index in [9.17, 15) is 9.59 Å². The van der Waals surface area contributed by atoms with Crippen molar-refractivity contribution in [3.05, 3.63) is 28.5 Å². The van der Waals surface area contributed by atoms with Crippen LogP contribution in [0.25, 0.3) is 0 Å². The Hall–Kier alpha value is -1.43. The lowest BCUT2D eigenvalue weighted by molar-refractivity contribution is -0.123. The number of pyridine rings is 1. The summed E-state index contributed by atoms with van der Waals surface area (Å²) in [6, 6.07) is 5.19. The maximum atomic E-state index is 12.2. The molecule has 18 heavy (non-hydrogen) atoms. The molecule has 2 heterocycles. The standard InChI is InChI=1S/C12H14BrN3O2/c13-10-5-1-4-9(15-10)12(18)16-6-2-3-8(7-16)11(14)17/h1,4-5,8H,2-3,6-7H2,(H2,14,17). The highest BCUT2D eigenvalue weighted by Crippen LogP contribution is 2.18. The molecule has 1 aromatic heterocycles. The smallest absolute Gasteiger partial charge is 0.272 e. The number of aromatic nitrogens is 1. The Bertz CT molecular complexity index is 478. The lowest BCUT2D eigenvalue weighted by Gasteiger charge is -2.30. The molecule has 2 N–H and O–H groups in total. The number of carbonyl (C=O) groups excluding carboxylic acids is 2. The fourth-order valence-electron chi connectivity index (χ4n) is 2.08. The number of likely N-dealkylation sites (tertiary alicyclic amines) is 1. The molecular weight excluding hydrogens is 298 g/mol. The van der Waals surface area contributed by atoms with Crippen LogP contribution < -0.4 is 5.73 Å². The van der Waals surface area contributed by atoms with Gasteiger partial charge in [-0.3, -0.25) is 9.59 Å². The molecule has 1 aromatic rings. The summed E-state index contributed by atoms with van der Waals surface area (Å²) in [5.74, 6) is -0.730. The summed E-state index contributed by atoms with van der Waals surface area (Å²) in [6.45, 7) is 1.04. The van der Waals surface area contributed by atoms with Crippen LogP contribution in [0, 0.1) is 5.92 Å². The highest BCUT2D eigenvalue weighted by Gasteiger charge is 2.27. The molecule has 1 fully saturated rings. The quantitative estimate of drug-likeness (QED) is 0.833. The summed E-state index contributed by atoms with van der Waals surface area (Å²) < 4.78 is 0.622. The lowest BCUT2D eigenvalue weighted by Crippen LogP contribution is -2.44. The van der Waals surface area contributed by atoms with Gasteiger partial charge in [0.1, 0.15) is 10.3 Å². The second kappa shape index (κ2) is 5.48. The van der Waals surface area contributed by atoms with Gasteiger partial charge in [-0.2, -0.15) is 0 Å². The normalized spacial score (nSPS) is 19.6. The molecule has 0 bridgehead atoms. The average Bonchev–Trinajstić information content (AvgIpc) is 2.38. The van der Waals surface area contributed by atoms with E-state index in [0.29, 0.717) is 23.4 Å². The fourth-order valence-corrected chi connectivity index (χ4v) is 2.43. The van der Waals surface area contributed by atoms with Gasteiger partial charge >= 0.3 is 0 Å². The number of amides is 2. The van der Waals surface area contributed by atoms with Crippen molar-refractivity contribution in [3.63, 3.8) is 0 Å². The van der Waals surface area contributed by atoms with E-state index in [0.717, 1.165) is 12.8 Å². The third-order valence-electron chi connectivity index (χ3n) is 3.05. The number of carbonyl (C=O) groups is 2. The van der Waals surface area contributed by atoms with Crippen LogP contribution in [0.2, 0.25) is 0 Å². The van der Waals surface area contributed by atoms with Gasteiger partial charge in [-0.05, 0) is 40.9 Å². The van der Waals surface area contributed by atoms with Crippen molar-refractivity contribution in [3.8, 4) is 0 Å². The molecule has 1 atom stereocenters. The SMILES string of the molecule is NC(=O)C1CCCN(C(=O)c2cccc(Br)n2)C1. The van der Waals surface area contributed by atoms with Gasteiger partial charge in [0, 0.05) is 13.1 Å². The maximum Gasteiger partial charge on any atom is 0.272 e. The van der Waals surface area contributed by atoms with Gasteiger partial charge in [0.05, 0.1) is 5.92 Å². The summed E-state index contributed by atoms with van der Waals surface area (Å²) in [5.41, 5.74) is 5.68. The van der Waals surface area contributed by atoms with Crippen LogP contribution in [0.3, 0.4) is 0 Å². The molecule has 5 nitrogen and oxygen atoms in total. The molecule has 2 amide bonds. The van der Waals surface area contributed by atoms with Crippen molar-refractivity contribution in [1.29, 1.82) is 0 Å². The molecule has 2 rings (SSSR count). The van der Waals surface area contributed by atoms with E-state index < -0.39 is 0 Å². The fraction of sp³-hybridized carbons (Fsp3) is 0.417. The molecule has 1 aliphatic heterocycles. The highest BCUT2D eigenvalue weighted by atomic mass is 79.9. The topological polar surface area (TPSA) is 76.3 Å². The molecule has 0 spiro atoms. The molecule has 1 aliphatic rings. The lowest BCUT2D eigenvalue weighted by atomic mass is 9.97. The Morgan fingerprint density at radius 2 is 2.22 bits per heavy atom. The monoisotopic (exact) mass is 311 g/mol. The molecule has 1 saturated heterocycles. The summed E-state index contributed by atoms with van der Waals surface area (Å²) in [4.78, 5) is 29.2. The van der Waals surface area contributed by atoms with E-state index in [2.05, 4.69) is 20.9 Å². The predicted octanol–water partition coefficient (Wildman–Crippen LogP) is 1.18. The van der Waals surface area contributed by atoms with Crippen LogP contribution in [0.1, 0.15) is 23.3 Å². The summed E-state index contributed by atoms with van der Waals surface area (Å²) in [5, 5.41) is 0. The summed E-state index contributed by atoms with van der Waals surface area (Å²) in [6.07, 6.45) is 1.55. The number of rotatable bonds is 2. The minimum Gasteiger partial charge on any atom is -0.369 e. The number of hydrogen-bond donors (Lipinski definition) is 1. The number of nitrogens with zero attached hydrogens (tertiary/aromatic N) is 2. The Labute approximate surface area is 113 Å². The second-order valence-corrected chi connectivity index (χ2v) is 5.15. The zero-order valence-corrected chi connectivity index (χ0v) is 11.4. The van der Waals surface area contributed by atoms with E-state index in [-0.39, 0.29) is 17.7 Å². The third kappa shape index (κ3) is 2.87. The van der Waals surface area contributed by atoms with E-state index in [1.165, 1.54) is 0 Å². The van der Waals surface area contributed by atoms with Crippen molar-refractivity contribution in [1.82, 2.24) is 9.88 Å². The maximum absolute atomic E-state index is 12.2. The summed E-state index contributed by atoms with van der Waals surface area (Å²) in [7, 11) is 0. The first kappa shape index (κ1) is 13.0. The molecule has 0 saturated carbocycles. The van der Waals surface area contributed by atoms with Crippen LogP contribution in [0.5, 0.6) is 0 Å². The van der Waals surface area contributed by atoms with Gasteiger partial charge in [0.25, 0.3) is 5.91 Å². The van der Waals surface area contributed by atoms with Crippen molar-refractivity contribution in [2.24, 2.45) is 11.7 Å². The third-order valence-corrected chi connectivity index (χ3v) is 3.49. The number of nitrogens with two attached hydrogens (primary N) is 1. The Morgan fingerprint density at radius 1 is 1.44 bits per heavy atom. The van der Waals surface area contributed by atoms with Crippen LogP contribution in [0.15, 0.2) is 22.8 Å².